The molecule has 1 spiro atoms. The second-order valence-electron chi connectivity index (χ2n) is 12.5. The molecule has 0 unspecified atom stereocenters. The van der Waals surface area contributed by atoms with Gasteiger partial charge >= 0.3 is 6.09 Å². The van der Waals surface area contributed by atoms with Crippen LogP contribution in [0.2, 0.25) is 0 Å². The highest BCUT2D eigenvalue weighted by Gasteiger charge is 2.60. The van der Waals surface area contributed by atoms with Gasteiger partial charge in [0, 0.05) is 71.9 Å². The van der Waals surface area contributed by atoms with E-state index in [-0.39, 0.29) is 5.91 Å². The predicted molar refractivity (Wildman–Crippen MR) is 158 cm³/mol. The van der Waals surface area contributed by atoms with Gasteiger partial charge in [-0.25, -0.2) is 14.8 Å². The lowest BCUT2D eigenvalue weighted by atomic mass is 9.75. The normalized spacial score (nSPS) is 18.8. The Bertz CT molecular complexity index is 1480. The van der Waals surface area contributed by atoms with E-state index in [1.54, 1.807) is 6.07 Å². The Morgan fingerprint density at radius 2 is 1.32 bits per heavy atom. The molecule has 2 fully saturated rings. The summed E-state index contributed by atoms with van der Waals surface area (Å²) in [5.74, 6) is 0.951. The number of benzene rings is 3. The summed E-state index contributed by atoms with van der Waals surface area (Å²) < 4.78 is 6.73. The van der Waals surface area contributed by atoms with Crippen LogP contribution in [0.3, 0.4) is 0 Å². The van der Waals surface area contributed by atoms with Gasteiger partial charge in [0.25, 0.3) is 5.91 Å². The van der Waals surface area contributed by atoms with Crippen LogP contribution in [0.1, 0.15) is 73.5 Å². The van der Waals surface area contributed by atoms with E-state index in [4.69, 9.17) is 4.74 Å². The molecular formula is C33H36N4O4. The van der Waals surface area contributed by atoms with Crippen LogP contribution in [0, 0.1) is 0 Å². The first kappa shape index (κ1) is 25.7. The average molecular weight is 553 g/mol. The van der Waals surface area contributed by atoms with Crippen molar-refractivity contribution in [2.75, 3.05) is 36.0 Å². The van der Waals surface area contributed by atoms with Crippen molar-refractivity contribution in [1.82, 2.24) is 10.0 Å². The van der Waals surface area contributed by atoms with Gasteiger partial charge in [0.1, 0.15) is 17.0 Å². The lowest BCUT2D eigenvalue weighted by molar-refractivity contribution is -0.0783. The molecule has 0 radical (unpaired) electrons. The predicted octanol–water partition coefficient (Wildman–Crippen LogP) is 6.43. The first-order chi connectivity index (χ1) is 19.7. The highest BCUT2D eigenvalue weighted by Crippen LogP contribution is 2.59. The maximum atomic E-state index is 14.4. The number of carboxylic acid groups (broad SMARTS) is 1. The van der Waals surface area contributed by atoms with E-state index in [0.29, 0.717) is 17.1 Å². The lowest BCUT2D eigenvalue weighted by Gasteiger charge is -2.50. The first-order valence-corrected chi connectivity index (χ1v) is 14.7. The topological polar surface area (TPSA) is 76.6 Å². The Morgan fingerprint density at radius 3 is 1.80 bits per heavy atom. The second-order valence-corrected chi connectivity index (χ2v) is 12.5. The van der Waals surface area contributed by atoms with Crippen LogP contribution in [-0.4, -0.2) is 58.8 Å². The standard InChI is InChI=1S/C33H36N4O4/c1-32(2,3)37(31(39)40)36-30(38)24-10-4-5-11-25(24)33(36)26-14-12-22(34-16-6-7-17-34)20-28(26)41-29-21-23(13-15-27(29)33)35-18-8-9-19-35/h4-5,10-15,20-21H,6-9,16-19H2,1-3H3,(H,39,40). The van der Waals surface area contributed by atoms with Crippen LogP contribution in [-0.2, 0) is 5.54 Å². The number of rotatable bonds is 3. The van der Waals surface area contributed by atoms with Crippen molar-refractivity contribution in [3.05, 3.63) is 82.9 Å². The summed E-state index contributed by atoms with van der Waals surface area (Å²) in [4.78, 5) is 32.1. The Hall–Kier alpha value is -4.20. The van der Waals surface area contributed by atoms with Gasteiger partial charge in [0.05, 0.1) is 5.54 Å². The van der Waals surface area contributed by atoms with E-state index in [1.807, 2.05) is 51.1 Å². The molecule has 4 aliphatic heterocycles. The lowest BCUT2D eigenvalue weighted by Crippen LogP contribution is -2.63. The first-order valence-electron chi connectivity index (χ1n) is 14.7. The summed E-state index contributed by atoms with van der Waals surface area (Å²) in [5.41, 5.74) is 2.79. The van der Waals surface area contributed by atoms with Crippen LogP contribution < -0.4 is 14.5 Å². The maximum absolute atomic E-state index is 14.4. The Kier molecular flexibility index (Phi) is 5.75. The van der Waals surface area contributed by atoms with Gasteiger partial charge in [0.15, 0.2) is 0 Å². The highest BCUT2D eigenvalue weighted by molar-refractivity contribution is 6.03. The van der Waals surface area contributed by atoms with Crippen LogP contribution >= 0.6 is 0 Å². The minimum atomic E-state index is -1.23. The number of carbonyl (C=O) groups excluding carboxylic acids is 1. The molecule has 8 nitrogen and oxygen atoms in total. The molecule has 41 heavy (non-hydrogen) atoms. The summed E-state index contributed by atoms with van der Waals surface area (Å²) >= 11 is 0. The molecule has 4 aliphatic rings. The van der Waals surface area contributed by atoms with Crippen molar-refractivity contribution in [2.45, 2.75) is 57.5 Å². The molecule has 7 rings (SSSR count). The quantitative estimate of drug-likeness (QED) is 0.403. The Morgan fingerprint density at radius 1 is 0.805 bits per heavy atom. The van der Waals surface area contributed by atoms with Crippen LogP contribution in [0.25, 0.3) is 0 Å². The number of fused-ring (bicyclic) bond motifs is 6. The summed E-state index contributed by atoms with van der Waals surface area (Å²) in [6.07, 6.45) is 3.42. The molecule has 0 bridgehead atoms. The molecule has 2 amide bonds. The smallest absolute Gasteiger partial charge is 0.426 e. The molecule has 3 aromatic rings. The van der Waals surface area contributed by atoms with Crippen LogP contribution in [0.15, 0.2) is 60.7 Å². The summed E-state index contributed by atoms with van der Waals surface area (Å²) in [6.45, 7) is 9.42. The molecule has 4 heterocycles. The molecule has 0 atom stereocenters. The zero-order valence-electron chi connectivity index (χ0n) is 23.9. The SMILES string of the molecule is CC(C)(C)N(C(=O)O)N1C(=O)c2ccccc2C12c1ccc(N3CCCC3)cc1Oc1cc(N3CCCC3)ccc12. The van der Waals surface area contributed by atoms with Gasteiger partial charge in [-0.3, -0.25) is 4.79 Å². The van der Waals surface area contributed by atoms with Crippen molar-refractivity contribution >= 4 is 23.4 Å². The number of nitrogens with zero attached hydrogens (tertiary/aromatic N) is 4. The van der Waals surface area contributed by atoms with E-state index in [1.165, 1.54) is 10.0 Å². The third kappa shape index (κ3) is 3.72. The number of hydrogen-bond donors (Lipinski definition) is 1. The fraction of sp³-hybridized carbons (Fsp3) is 0.394. The number of carbonyl (C=O) groups is 2. The molecular weight excluding hydrogens is 516 g/mol. The molecule has 3 aromatic carbocycles. The van der Waals surface area contributed by atoms with E-state index in [2.05, 4.69) is 34.1 Å². The molecule has 212 valence electrons. The summed E-state index contributed by atoms with van der Waals surface area (Å²) in [7, 11) is 0. The zero-order valence-corrected chi connectivity index (χ0v) is 23.9. The van der Waals surface area contributed by atoms with Crippen LogP contribution in [0.4, 0.5) is 16.2 Å². The van der Waals surface area contributed by atoms with Crippen molar-refractivity contribution < 1.29 is 19.4 Å². The highest BCUT2D eigenvalue weighted by atomic mass is 16.5. The van der Waals surface area contributed by atoms with Gasteiger partial charge in [0.2, 0.25) is 0 Å². The van der Waals surface area contributed by atoms with Crippen LogP contribution in [0.5, 0.6) is 11.5 Å². The fourth-order valence-electron chi connectivity index (χ4n) is 7.19. The van der Waals surface area contributed by atoms with Gasteiger partial charge < -0.3 is 19.6 Å². The Labute approximate surface area is 240 Å². The molecule has 0 aliphatic carbocycles. The third-order valence-electron chi connectivity index (χ3n) is 8.95. The molecule has 1 N–H and O–H groups in total. The third-order valence-corrected chi connectivity index (χ3v) is 8.95. The number of hydrogen-bond acceptors (Lipinski definition) is 5. The monoisotopic (exact) mass is 552 g/mol. The van der Waals surface area contributed by atoms with Crippen molar-refractivity contribution in [2.24, 2.45) is 0 Å². The second kappa shape index (κ2) is 9.16. The van der Waals surface area contributed by atoms with Gasteiger partial charge in [-0.05, 0) is 64.7 Å². The molecule has 8 heteroatoms. The minimum Gasteiger partial charge on any atom is -0.464 e. The minimum absolute atomic E-state index is 0.344. The van der Waals surface area contributed by atoms with Crippen molar-refractivity contribution in [1.29, 1.82) is 0 Å². The van der Waals surface area contributed by atoms with Gasteiger partial charge in [-0.15, -0.1) is 0 Å². The molecule has 2 saturated heterocycles. The zero-order chi connectivity index (χ0) is 28.5. The van der Waals surface area contributed by atoms with E-state index >= 15 is 0 Å². The van der Waals surface area contributed by atoms with Crippen molar-refractivity contribution in [3.63, 3.8) is 0 Å². The van der Waals surface area contributed by atoms with E-state index in [9.17, 15) is 14.7 Å². The molecule has 0 saturated carbocycles. The molecule has 0 aromatic heterocycles. The number of amides is 2. The van der Waals surface area contributed by atoms with Gasteiger partial charge in [-0.1, -0.05) is 30.3 Å². The fourth-order valence-corrected chi connectivity index (χ4v) is 7.19. The van der Waals surface area contributed by atoms with E-state index in [0.717, 1.165) is 79.9 Å². The summed E-state index contributed by atoms with van der Waals surface area (Å²) in [6, 6.07) is 19.9. The number of anilines is 2. The number of ether oxygens (including phenoxy) is 1. The maximum Gasteiger partial charge on any atom is 0.426 e. The Balaban J connectivity index is 1.54. The average Bonchev–Trinajstić information content (AvgIpc) is 3.71. The largest absolute Gasteiger partial charge is 0.464 e. The number of hydrazine groups is 1. The van der Waals surface area contributed by atoms with Crippen molar-refractivity contribution in [3.8, 4) is 11.5 Å². The van der Waals surface area contributed by atoms with Gasteiger partial charge in [-0.2, -0.15) is 0 Å². The summed E-state index contributed by atoms with van der Waals surface area (Å²) in [5, 5.41) is 13.3. The van der Waals surface area contributed by atoms with E-state index < -0.39 is 17.2 Å².